The molecule has 1 atom stereocenters. The van der Waals surface area contributed by atoms with Gasteiger partial charge in [0.05, 0.1) is 0 Å². The third kappa shape index (κ3) is 1.80. The van der Waals surface area contributed by atoms with Gasteiger partial charge in [-0.05, 0) is 18.0 Å². The summed E-state index contributed by atoms with van der Waals surface area (Å²) in [6.45, 7) is 0. The SMILES string of the molecule is BC1C=CC=C(O)C=C1. The van der Waals surface area contributed by atoms with Crippen molar-refractivity contribution >= 4 is 7.85 Å². The lowest BCUT2D eigenvalue weighted by Gasteiger charge is -1.90. The van der Waals surface area contributed by atoms with E-state index < -0.39 is 0 Å². The molecule has 0 aromatic heterocycles. The summed E-state index contributed by atoms with van der Waals surface area (Å²) < 4.78 is 0. The summed E-state index contributed by atoms with van der Waals surface area (Å²) in [6.07, 6.45) is 9.24. The van der Waals surface area contributed by atoms with Crippen LogP contribution in [0.5, 0.6) is 0 Å². The summed E-state index contributed by atoms with van der Waals surface area (Å²) in [5.74, 6) is 0.765. The number of hydrogen-bond acceptors (Lipinski definition) is 1. The average molecular weight is 120 g/mol. The van der Waals surface area contributed by atoms with Gasteiger partial charge in [-0.25, -0.2) is 0 Å². The number of hydrogen-bond donors (Lipinski definition) is 1. The molecule has 1 aliphatic carbocycles. The van der Waals surface area contributed by atoms with Crippen molar-refractivity contribution in [2.75, 3.05) is 0 Å². The highest BCUT2D eigenvalue weighted by Crippen LogP contribution is 2.08. The Labute approximate surface area is 55.8 Å². The monoisotopic (exact) mass is 120 g/mol. The van der Waals surface area contributed by atoms with E-state index in [9.17, 15) is 0 Å². The molecule has 0 radical (unpaired) electrons. The summed E-state index contributed by atoms with van der Waals surface area (Å²) in [6, 6.07) is 0. The molecule has 0 aliphatic heterocycles. The Morgan fingerprint density at radius 2 is 2.22 bits per heavy atom. The van der Waals surface area contributed by atoms with E-state index in [-0.39, 0.29) is 0 Å². The highest BCUT2D eigenvalue weighted by Gasteiger charge is 1.92. The molecule has 0 heterocycles. The molecule has 0 aromatic rings. The Bertz CT molecular complexity index is 179. The zero-order chi connectivity index (χ0) is 6.69. The van der Waals surface area contributed by atoms with Crippen LogP contribution in [0.15, 0.2) is 36.1 Å². The van der Waals surface area contributed by atoms with E-state index in [1.165, 1.54) is 0 Å². The third-order valence-electron chi connectivity index (χ3n) is 1.25. The van der Waals surface area contributed by atoms with E-state index in [2.05, 4.69) is 7.85 Å². The van der Waals surface area contributed by atoms with Crippen LogP contribution in [0.3, 0.4) is 0 Å². The lowest BCUT2D eigenvalue weighted by molar-refractivity contribution is 0.432. The van der Waals surface area contributed by atoms with Gasteiger partial charge in [0, 0.05) is 0 Å². The zero-order valence-electron chi connectivity index (χ0n) is 5.41. The molecule has 1 rings (SSSR count). The first-order chi connectivity index (χ1) is 4.29. The van der Waals surface area contributed by atoms with Crippen molar-refractivity contribution in [3.05, 3.63) is 36.1 Å². The van der Waals surface area contributed by atoms with Crippen LogP contribution < -0.4 is 0 Å². The minimum Gasteiger partial charge on any atom is -0.508 e. The molecule has 0 amide bonds. The fraction of sp³-hybridized carbons (Fsp3) is 0.143. The number of aliphatic hydroxyl groups excluding tert-OH is 1. The Kier molecular flexibility index (Phi) is 1.78. The molecule has 0 saturated heterocycles. The molecule has 2 heteroatoms. The van der Waals surface area contributed by atoms with Crippen LogP contribution in [-0.4, -0.2) is 13.0 Å². The van der Waals surface area contributed by atoms with Crippen LogP contribution in [0.4, 0.5) is 0 Å². The zero-order valence-corrected chi connectivity index (χ0v) is 5.41. The van der Waals surface area contributed by atoms with Crippen molar-refractivity contribution in [2.45, 2.75) is 5.82 Å². The van der Waals surface area contributed by atoms with Crippen LogP contribution in [0.2, 0.25) is 5.82 Å². The van der Waals surface area contributed by atoms with Gasteiger partial charge in [0.25, 0.3) is 0 Å². The van der Waals surface area contributed by atoms with Gasteiger partial charge in [-0.2, -0.15) is 0 Å². The molecule has 46 valence electrons. The van der Waals surface area contributed by atoms with Crippen molar-refractivity contribution in [1.82, 2.24) is 0 Å². The van der Waals surface area contributed by atoms with Gasteiger partial charge in [0.1, 0.15) is 13.6 Å². The first-order valence-electron chi connectivity index (χ1n) is 3.04. The lowest BCUT2D eigenvalue weighted by Crippen LogP contribution is -1.77. The van der Waals surface area contributed by atoms with Crippen molar-refractivity contribution in [3.63, 3.8) is 0 Å². The van der Waals surface area contributed by atoms with Gasteiger partial charge in [0.15, 0.2) is 0 Å². The van der Waals surface area contributed by atoms with E-state index in [4.69, 9.17) is 5.11 Å². The van der Waals surface area contributed by atoms with E-state index >= 15 is 0 Å². The second-order valence-electron chi connectivity index (χ2n) is 2.19. The molecule has 0 bridgehead atoms. The second kappa shape index (κ2) is 2.58. The molecule has 0 saturated carbocycles. The number of aliphatic hydroxyl groups is 1. The van der Waals surface area contributed by atoms with Crippen LogP contribution in [0.1, 0.15) is 0 Å². The first kappa shape index (κ1) is 6.21. The Morgan fingerprint density at radius 1 is 1.44 bits per heavy atom. The van der Waals surface area contributed by atoms with Crippen molar-refractivity contribution < 1.29 is 5.11 Å². The minimum atomic E-state index is 0.329. The summed E-state index contributed by atoms with van der Waals surface area (Å²) in [5.41, 5.74) is 0. The van der Waals surface area contributed by atoms with Crippen LogP contribution in [0, 0.1) is 0 Å². The Morgan fingerprint density at radius 3 is 3.00 bits per heavy atom. The van der Waals surface area contributed by atoms with Crippen molar-refractivity contribution in [3.8, 4) is 0 Å². The molecule has 1 N–H and O–H groups in total. The predicted octanol–water partition coefficient (Wildman–Crippen LogP) is 0.976. The smallest absolute Gasteiger partial charge is 0.115 e. The maximum atomic E-state index is 8.93. The molecular formula is C7H9BO. The Hall–Kier alpha value is -0.915. The quantitative estimate of drug-likeness (QED) is 0.472. The molecule has 1 aliphatic rings. The van der Waals surface area contributed by atoms with Gasteiger partial charge < -0.3 is 5.11 Å². The van der Waals surface area contributed by atoms with E-state index in [0.717, 1.165) is 0 Å². The fourth-order valence-corrected chi connectivity index (χ4v) is 0.699. The Balaban J connectivity index is 2.75. The normalized spacial score (nSPS) is 25.3. The summed E-state index contributed by atoms with van der Waals surface area (Å²) in [4.78, 5) is 0. The molecular weight excluding hydrogens is 111 g/mol. The van der Waals surface area contributed by atoms with E-state index in [1.54, 1.807) is 12.2 Å². The number of allylic oxidation sites excluding steroid dienone is 5. The highest BCUT2D eigenvalue weighted by molar-refractivity contribution is 6.14. The van der Waals surface area contributed by atoms with E-state index in [0.29, 0.717) is 11.6 Å². The third-order valence-corrected chi connectivity index (χ3v) is 1.25. The predicted molar refractivity (Wildman–Crippen MR) is 41.3 cm³/mol. The molecule has 0 fully saturated rings. The topological polar surface area (TPSA) is 20.2 Å². The van der Waals surface area contributed by atoms with Gasteiger partial charge in [-0.1, -0.05) is 18.2 Å². The molecule has 9 heavy (non-hydrogen) atoms. The van der Waals surface area contributed by atoms with Gasteiger partial charge in [-0.3, -0.25) is 0 Å². The molecule has 0 aromatic carbocycles. The maximum absolute atomic E-state index is 8.93. The molecule has 1 unspecified atom stereocenters. The molecule has 0 spiro atoms. The van der Waals surface area contributed by atoms with Crippen LogP contribution in [-0.2, 0) is 0 Å². The second-order valence-corrected chi connectivity index (χ2v) is 2.19. The highest BCUT2D eigenvalue weighted by atomic mass is 16.3. The van der Waals surface area contributed by atoms with Gasteiger partial charge in [0.2, 0.25) is 0 Å². The minimum absolute atomic E-state index is 0.329. The van der Waals surface area contributed by atoms with E-state index in [1.807, 2.05) is 18.2 Å². The number of rotatable bonds is 0. The maximum Gasteiger partial charge on any atom is 0.115 e. The standard InChI is InChI=1S/C7H9BO/c8-6-2-1-3-7(9)5-4-6/h1-6,9H,8H2. The van der Waals surface area contributed by atoms with Crippen molar-refractivity contribution in [2.24, 2.45) is 0 Å². The lowest BCUT2D eigenvalue weighted by atomic mass is 9.87. The first-order valence-corrected chi connectivity index (χ1v) is 3.04. The fourth-order valence-electron chi connectivity index (χ4n) is 0.699. The molecule has 1 nitrogen and oxygen atoms in total. The summed E-state index contributed by atoms with van der Waals surface area (Å²) >= 11 is 0. The largest absolute Gasteiger partial charge is 0.508 e. The average Bonchev–Trinajstić information content (AvgIpc) is 1.97. The summed E-state index contributed by atoms with van der Waals surface area (Å²) in [5, 5.41) is 8.93. The van der Waals surface area contributed by atoms with Gasteiger partial charge >= 0.3 is 0 Å². The van der Waals surface area contributed by atoms with Crippen LogP contribution in [0.25, 0.3) is 0 Å². The summed E-state index contributed by atoms with van der Waals surface area (Å²) in [7, 11) is 2.07. The van der Waals surface area contributed by atoms with Crippen molar-refractivity contribution in [1.29, 1.82) is 0 Å². The van der Waals surface area contributed by atoms with Gasteiger partial charge in [-0.15, -0.1) is 0 Å². The van der Waals surface area contributed by atoms with Crippen LogP contribution >= 0.6 is 0 Å².